The minimum atomic E-state index is -1.06. The summed E-state index contributed by atoms with van der Waals surface area (Å²) in [7, 11) is 0. The molecule has 2 aliphatic rings. The van der Waals surface area contributed by atoms with Crippen LogP contribution in [0.25, 0.3) is 0 Å². The molecule has 1 aromatic rings. The van der Waals surface area contributed by atoms with Crippen LogP contribution in [0, 0.1) is 5.82 Å². The topological polar surface area (TPSA) is 78.5 Å². The van der Waals surface area contributed by atoms with E-state index < -0.39 is 23.3 Å². The Hall–Kier alpha value is -2.44. The minimum Gasteiger partial charge on any atom is -0.336 e. The summed E-state index contributed by atoms with van der Waals surface area (Å²) in [4.78, 5) is 37.1. The molecule has 2 N–H and O–H groups in total. The fourth-order valence-electron chi connectivity index (χ4n) is 2.85. The highest BCUT2D eigenvalue weighted by atomic mass is 19.1. The molecule has 0 bridgehead atoms. The van der Waals surface area contributed by atoms with Crippen LogP contribution in [0.5, 0.6) is 0 Å². The molecule has 0 aromatic heterocycles. The smallest absolute Gasteiger partial charge is 0.322 e. The van der Waals surface area contributed by atoms with Crippen LogP contribution < -0.4 is 10.6 Å². The van der Waals surface area contributed by atoms with E-state index in [2.05, 4.69) is 10.6 Å². The first-order valence-corrected chi connectivity index (χ1v) is 6.69. The van der Waals surface area contributed by atoms with Crippen LogP contribution >= 0.6 is 0 Å². The van der Waals surface area contributed by atoms with Gasteiger partial charge in [0.2, 0.25) is 0 Å². The van der Waals surface area contributed by atoms with Crippen molar-refractivity contribution in [2.24, 2.45) is 0 Å². The molecule has 1 spiro atoms. The fourth-order valence-corrected chi connectivity index (χ4v) is 2.85. The number of amides is 4. The first-order valence-electron chi connectivity index (χ1n) is 6.69. The van der Waals surface area contributed by atoms with Gasteiger partial charge in [0.05, 0.1) is 6.54 Å². The Balaban J connectivity index is 1.82. The first-order chi connectivity index (χ1) is 10.00. The number of nitrogens with one attached hydrogen (secondary N) is 2. The number of benzene rings is 1. The lowest BCUT2D eigenvalue weighted by Crippen LogP contribution is -2.59. The number of carbonyl (C=O) groups excluding carboxylic acids is 3. The van der Waals surface area contributed by atoms with Gasteiger partial charge in [0, 0.05) is 12.1 Å². The quantitative estimate of drug-likeness (QED) is 0.745. The molecular formula is C14H14FN3O3. The minimum absolute atomic E-state index is 0.0971. The van der Waals surface area contributed by atoms with Crippen LogP contribution in [0.3, 0.4) is 0 Å². The van der Waals surface area contributed by atoms with Gasteiger partial charge in [-0.2, -0.15) is 0 Å². The van der Waals surface area contributed by atoms with Gasteiger partial charge in [-0.15, -0.1) is 0 Å². The van der Waals surface area contributed by atoms with E-state index in [4.69, 9.17) is 0 Å². The van der Waals surface area contributed by atoms with E-state index in [1.807, 2.05) is 0 Å². The van der Waals surface area contributed by atoms with E-state index in [9.17, 15) is 18.8 Å². The lowest BCUT2D eigenvalue weighted by atomic mass is 9.89. The molecule has 6 nitrogen and oxygen atoms in total. The molecule has 1 unspecified atom stereocenters. The molecular weight excluding hydrogens is 277 g/mol. The summed E-state index contributed by atoms with van der Waals surface area (Å²) >= 11 is 0. The maximum Gasteiger partial charge on any atom is 0.322 e. The van der Waals surface area contributed by atoms with Crippen LogP contribution in [0.2, 0.25) is 0 Å². The van der Waals surface area contributed by atoms with Gasteiger partial charge in [0.1, 0.15) is 11.4 Å². The lowest BCUT2D eigenvalue weighted by molar-refractivity contribution is -0.125. The van der Waals surface area contributed by atoms with Crippen LogP contribution in [-0.2, 0) is 4.79 Å². The number of rotatable bonds is 1. The molecule has 2 fully saturated rings. The normalized spacial score (nSPS) is 24.9. The lowest BCUT2D eigenvalue weighted by Gasteiger charge is -2.38. The van der Waals surface area contributed by atoms with Crippen molar-refractivity contribution in [2.45, 2.75) is 18.4 Å². The van der Waals surface area contributed by atoms with Crippen LogP contribution in [0.15, 0.2) is 24.3 Å². The predicted octanol–water partition coefficient (Wildman–Crippen LogP) is 0.640. The van der Waals surface area contributed by atoms with Crippen molar-refractivity contribution in [3.63, 3.8) is 0 Å². The number of likely N-dealkylation sites (tertiary alicyclic amines) is 1. The summed E-state index contributed by atoms with van der Waals surface area (Å²) in [6.45, 7) is 0.570. The highest BCUT2D eigenvalue weighted by Gasteiger charge is 2.49. The summed E-state index contributed by atoms with van der Waals surface area (Å²) in [5.41, 5.74) is -0.824. The summed E-state index contributed by atoms with van der Waals surface area (Å²) < 4.78 is 13.2. The zero-order valence-electron chi connectivity index (χ0n) is 11.2. The molecule has 2 heterocycles. The third kappa shape index (κ3) is 2.35. The third-order valence-corrected chi connectivity index (χ3v) is 3.87. The average molecular weight is 291 g/mol. The van der Waals surface area contributed by atoms with E-state index in [1.54, 1.807) is 0 Å². The van der Waals surface area contributed by atoms with E-state index in [0.29, 0.717) is 19.4 Å². The summed E-state index contributed by atoms with van der Waals surface area (Å²) in [6.07, 6.45) is 1.08. The van der Waals surface area contributed by atoms with E-state index in [0.717, 1.165) is 6.07 Å². The van der Waals surface area contributed by atoms with Crippen LogP contribution in [-0.4, -0.2) is 41.4 Å². The molecule has 0 saturated carbocycles. The largest absolute Gasteiger partial charge is 0.336 e. The van der Waals surface area contributed by atoms with Gasteiger partial charge in [-0.25, -0.2) is 9.18 Å². The average Bonchev–Trinajstić information content (AvgIpc) is 2.72. The number of piperidine rings is 1. The third-order valence-electron chi connectivity index (χ3n) is 3.87. The molecule has 110 valence electrons. The number of urea groups is 1. The number of hydrogen-bond donors (Lipinski definition) is 2. The van der Waals surface area contributed by atoms with Crippen molar-refractivity contribution in [2.75, 3.05) is 13.1 Å². The number of nitrogens with zero attached hydrogens (tertiary/aromatic N) is 1. The van der Waals surface area contributed by atoms with Gasteiger partial charge in [-0.05, 0) is 31.0 Å². The standard InChI is InChI=1S/C14H14FN3O3/c15-10-4-1-3-9(7-10)11(19)18-6-2-5-14(8-18)12(20)16-13(21)17-14/h1,3-4,7H,2,5-6,8H2,(H2,16,17,20,21). The molecule has 1 aromatic carbocycles. The van der Waals surface area contributed by atoms with Crippen molar-refractivity contribution in [3.05, 3.63) is 35.6 Å². The van der Waals surface area contributed by atoms with E-state index in [1.165, 1.54) is 23.1 Å². The van der Waals surface area contributed by atoms with Crippen molar-refractivity contribution < 1.29 is 18.8 Å². The Labute approximate surface area is 120 Å². The molecule has 4 amide bonds. The molecule has 2 saturated heterocycles. The Morgan fingerprint density at radius 1 is 1.33 bits per heavy atom. The zero-order chi connectivity index (χ0) is 15.0. The maximum absolute atomic E-state index is 13.2. The van der Waals surface area contributed by atoms with Gasteiger partial charge in [-0.3, -0.25) is 14.9 Å². The Bertz CT molecular complexity index is 634. The second-order valence-corrected chi connectivity index (χ2v) is 5.33. The predicted molar refractivity (Wildman–Crippen MR) is 70.9 cm³/mol. The van der Waals surface area contributed by atoms with E-state index >= 15 is 0 Å². The molecule has 1 atom stereocenters. The highest BCUT2D eigenvalue weighted by molar-refractivity contribution is 6.07. The molecule has 3 rings (SSSR count). The summed E-state index contributed by atoms with van der Waals surface area (Å²) in [6, 6.07) is 4.88. The summed E-state index contributed by atoms with van der Waals surface area (Å²) in [5.74, 6) is -1.24. The highest BCUT2D eigenvalue weighted by Crippen LogP contribution is 2.25. The van der Waals surface area contributed by atoms with Gasteiger partial charge in [0.25, 0.3) is 11.8 Å². The van der Waals surface area contributed by atoms with Gasteiger partial charge < -0.3 is 10.2 Å². The molecule has 7 heteroatoms. The summed E-state index contributed by atoms with van der Waals surface area (Å²) in [5, 5.41) is 4.80. The van der Waals surface area contributed by atoms with Gasteiger partial charge in [-0.1, -0.05) is 6.07 Å². The SMILES string of the molecule is O=C1NC(=O)C2(CCCN(C(=O)c3cccc(F)c3)C2)N1. The van der Waals surface area contributed by atoms with Crippen LogP contribution in [0.4, 0.5) is 9.18 Å². The monoisotopic (exact) mass is 291 g/mol. The number of carbonyl (C=O) groups is 3. The van der Waals surface area contributed by atoms with Crippen LogP contribution in [0.1, 0.15) is 23.2 Å². The fraction of sp³-hybridized carbons (Fsp3) is 0.357. The number of imide groups is 1. The number of hydrogen-bond acceptors (Lipinski definition) is 3. The second-order valence-electron chi connectivity index (χ2n) is 5.33. The molecule has 0 aliphatic carbocycles. The van der Waals surface area contributed by atoms with Crippen molar-refractivity contribution >= 4 is 17.8 Å². The molecule has 21 heavy (non-hydrogen) atoms. The molecule has 0 radical (unpaired) electrons. The number of halogens is 1. The zero-order valence-corrected chi connectivity index (χ0v) is 11.2. The van der Waals surface area contributed by atoms with Crippen molar-refractivity contribution in [1.82, 2.24) is 15.5 Å². The molecule has 2 aliphatic heterocycles. The van der Waals surface area contributed by atoms with Gasteiger partial charge >= 0.3 is 6.03 Å². The van der Waals surface area contributed by atoms with Gasteiger partial charge in [0.15, 0.2) is 0 Å². The van der Waals surface area contributed by atoms with E-state index in [-0.39, 0.29) is 18.0 Å². The van der Waals surface area contributed by atoms with Crippen molar-refractivity contribution in [1.29, 1.82) is 0 Å². The maximum atomic E-state index is 13.2. The van der Waals surface area contributed by atoms with Crippen molar-refractivity contribution in [3.8, 4) is 0 Å². The Morgan fingerprint density at radius 2 is 2.14 bits per heavy atom. The Morgan fingerprint density at radius 3 is 2.81 bits per heavy atom. The first kappa shape index (κ1) is 13.5. The Kier molecular flexibility index (Phi) is 3.12. The second kappa shape index (κ2) is 4.83.